The predicted molar refractivity (Wildman–Crippen MR) is 73.5 cm³/mol. The second-order valence-electron chi connectivity index (χ2n) is 4.83. The van der Waals surface area contributed by atoms with Crippen LogP contribution in [0.2, 0.25) is 0 Å². The van der Waals surface area contributed by atoms with Gasteiger partial charge in [-0.25, -0.2) is 0 Å². The van der Waals surface area contributed by atoms with Crippen LogP contribution in [-0.4, -0.2) is 23.6 Å². The van der Waals surface area contributed by atoms with Crippen molar-refractivity contribution in [2.24, 2.45) is 5.73 Å². The molecular formula is C13H19N3O3. The molecule has 0 radical (unpaired) electrons. The summed E-state index contributed by atoms with van der Waals surface area (Å²) in [5, 5.41) is 14.4. The zero-order valence-corrected chi connectivity index (χ0v) is 11.0. The first kappa shape index (κ1) is 13.6. The Kier molecular flexibility index (Phi) is 4.21. The number of anilines is 1. The van der Waals surface area contributed by atoms with Gasteiger partial charge in [0.25, 0.3) is 0 Å². The zero-order valence-electron chi connectivity index (χ0n) is 11.0. The first-order chi connectivity index (χ1) is 9.11. The molecule has 1 aliphatic carbocycles. The number of hydrogen-bond donors (Lipinski definition) is 2. The second-order valence-corrected chi connectivity index (χ2v) is 4.83. The van der Waals surface area contributed by atoms with E-state index in [2.05, 4.69) is 5.32 Å². The van der Waals surface area contributed by atoms with Gasteiger partial charge in [0, 0.05) is 12.1 Å². The highest BCUT2D eigenvalue weighted by atomic mass is 16.6. The number of benzene rings is 1. The minimum absolute atomic E-state index is 0.0106. The third-order valence-electron chi connectivity index (χ3n) is 3.18. The van der Waals surface area contributed by atoms with Crippen LogP contribution < -0.4 is 15.8 Å². The van der Waals surface area contributed by atoms with E-state index < -0.39 is 4.92 Å². The van der Waals surface area contributed by atoms with Gasteiger partial charge >= 0.3 is 5.69 Å². The molecule has 0 atom stereocenters. The molecule has 0 heterocycles. The summed E-state index contributed by atoms with van der Waals surface area (Å²) in [5.74, 6) is 0.320. The maximum Gasteiger partial charge on any atom is 0.333 e. The molecule has 2 rings (SSSR count). The topological polar surface area (TPSA) is 90.4 Å². The zero-order chi connectivity index (χ0) is 13.8. The number of nitrogens with zero attached hydrogens (tertiary/aromatic N) is 1. The number of nitro benzene ring substituents is 1. The molecule has 104 valence electrons. The van der Waals surface area contributed by atoms with E-state index in [1.54, 1.807) is 18.2 Å². The highest BCUT2D eigenvalue weighted by molar-refractivity contribution is 5.68. The maximum atomic E-state index is 11.2. The van der Waals surface area contributed by atoms with Gasteiger partial charge in [-0.05, 0) is 31.4 Å². The summed E-state index contributed by atoms with van der Waals surface area (Å²) in [5.41, 5.74) is 6.24. The molecule has 1 aliphatic rings. The standard InChI is InChI=1S/C13H19N3O3/c1-2-6-19-12-5-3-4-11(13(12)16(17)18)15-10-7-9(14)8-10/h3-5,9-10,15H,2,6-8,14H2,1H3. The lowest BCUT2D eigenvalue weighted by Crippen LogP contribution is -2.44. The van der Waals surface area contributed by atoms with Crippen LogP contribution in [0, 0.1) is 10.1 Å². The van der Waals surface area contributed by atoms with Gasteiger partial charge in [0.05, 0.1) is 11.5 Å². The average Bonchev–Trinajstić information content (AvgIpc) is 2.34. The van der Waals surface area contributed by atoms with Gasteiger partial charge in [-0.15, -0.1) is 0 Å². The molecule has 0 saturated heterocycles. The van der Waals surface area contributed by atoms with Crippen LogP contribution in [0.4, 0.5) is 11.4 Å². The van der Waals surface area contributed by atoms with Crippen molar-refractivity contribution in [1.29, 1.82) is 0 Å². The second kappa shape index (κ2) is 5.88. The molecule has 19 heavy (non-hydrogen) atoms. The highest BCUT2D eigenvalue weighted by Gasteiger charge is 2.29. The van der Waals surface area contributed by atoms with Gasteiger partial charge in [-0.3, -0.25) is 10.1 Å². The predicted octanol–water partition coefficient (Wildman–Crippen LogP) is 2.29. The fraction of sp³-hybridized carbons (Fsp3) is 0.538. The van der Waals surface area contributed by atoms with E-state index in [1.165, 1.54) is 0 Å². The lowest BCUT2D eigenvalue weighted by atomic mass is 9.87. The van der Waals surface area contributed by atoms with Crippen molar-refractivity contribution in [2.45, 2.75) is 38.3 Å². The average molecular weight is 265 g/mol. The van der Waals surface area contributed by atoms with E-state index in [-0.39, 0.29) is 17.8 Å². The Morgan fingerprint density at radius 1 is 1.53 bits per heavy atom. The van der Waals surface area contributed by atoms with Crippen molar-refractivity contribution in [3.05, 3.63) is 28.3 Å². The van der Waals surface area contributed by atoms with Gasteiger partial charge in [0.15, 0.2) is 5.75 Å². The molecule has 3 N–H and O–H groups in total. The lowest BCUT2D eigenvalue weighted by molar-refractivity contribution is -0.385. The fourth-order valence-corrected chi connectivity index (χ4v) is 2.16. The minimum Gasteiger partial charge on any atom is -0.487 e. The number of nitro groups is 1. The van der Waals surface area contributed by atoms with Crippen LogP contribution in [0.1, 0.15) is 26.2 Å². The Balaban J connectivity index is 2.18. The molecule has 1 fully saturated rings. The molecular weight excluding hydrogens is 246 g/mol. The SMILES string of the molecule is CCCOc1cccc(NC2CC(N)C2)c1[N+](=O)[O-]. The van der Waals surface area contributed by atoms with Crippen molar-refractivity contribution < 1.29 is 9.66 Å². The third-order valence-corrected chi connectivity index (χ3v) is 3.18. The number of para-hydroxylation sites is 1. The summed E-state index contributed by atoms with van der Waals surface area (Å²) in [6.45, 7) is 2.43. The molecule has 0 bridgehead atoms. The van der Waals surface area contributed by atoms with Crippen molar-refractivity contribution in [2.75, 3.05) is 11.9 Å². The van der Waals surface area contributed by atoms with Crippen LogP contribution in [0.3, 0.4) is 0 Å². The largest absolute Gasteiger partial charge is 0.487 e. The van der Waals surface area contributed by atoms with Crippen molar-refractivity contribution >= 4 is 11.4 Å². The summed E-state index contributed by atoms with van der Waals surface area (Å²) >= 11 is 0. The van der Waals surface area contributed by atoms with Crippen LogP contribution >= 0.6 is 0 Å². The van der Waals surface area contributed by atoms with Crippen LogP contribution in [-0.2, 0) is 0 Å². The molecule has 1 saturated carbocycles. The molecule has 6 nitrogen and oxygen atoms in total. The molecule has 0 aliphatic heterocycles. The van der Waals surface area contributed by atoms with Crippen molar-refractivity contribution in [3.63, 3.8) is 0 Å². The van der Waals surface area contributed by atoms with Crippen LogP contribution in [0.5, 0.6) is 5.75 Å². The van der Waals surface area contributed by atoms with Gasteiger partial charge in [0.2, 0.25) is 0 Å². The first-order valence-electron chi connectivity index (χ1n) is 6.54. The summed E-state index contributed by atoms with van der Waals surface area (Å²) in [6, 6.07) is 5.52. The van der Waals surface area contributed by atoms with E-state index in [4.69, 9.17) is 10.5 Å². The van der Waals surface area contributed by atoms with Crippen LogP contribution in [0.15, 0.2) is 18.2 Å². The molecule has 0 aromatic heterocycles. The Bertz CT molecular complexity index is 458. The van der Waals surface area contributed by atoms with Crippen molar-refractivity contribution in [1.82, 2.24) is 0 Å². The maximum absolute atomic E-state index is 11.2. The molecule has 1 aromatic carbocycles. The fourth-order valence-electron chi connectivity index (χ4n) is 2.16. The number of nitrogens with two attached hydrogens (primary N) is 1. The van der Waals surface area contributed by atoms with E-state index >= 15 is 0 Å². The lowest BCUT2D eigenvalue weighted by Gasteiger charge is -2.33. The Hall–Kier alpha value is -1.82. The molecule has 0 amide bonds. The van der Waals surface area contributed by atoms with Crippen molar-refractivity contribution in [3.8, 4) is 5.75 Å². The van der Waals surface area contributed by atoms with Gasteiger partial charge in [-0.1, -0.05) is 13.0 Å². The van der Waals surface area contributed by atoms with Gasteiger partial charge < -0.3 is 15.8 Å². The Morgan fingerprint density at radius 2 is 2.26 bits per heavy atom. The number of ether oxygens (including phenoxy) is 1. The van der Waals surface area contributed by atoms with Crippen LogP contribution in [0.25, 0.3) is 0 Å². The van der Waals surface area contributed by atoms with E-state index in [0.717, 1.165) is 19.3 Å². The molecule has 0 unspecified atom stereocenters. The quantitative estimate of drug-likeness (QED) is 0.608. The molecule has 6 heteroatoms. The summed E-state index contributed by atoms with van der Waals surface area (Å²) in [6.07, 6.45) is 2.50. The summed E-state index contributed by atoms with van der Waals surface area (Å²) < 4.78 is 5.44. The van der Waals surface area contributed by atoms with Gasteiger partial charge in [0.1, 0.15) is 5.69 Å². The van der Waals surface area contributed by atoms with Gasteiger partial charge in [-0.2, -0.15) is 0 Å². The number of rotatable bonds is 6. The normalized spacial score (nSPS) is 21.6. The summed E-state index contributed by atoms with van der Waals surface area (Å²) in [4.78, 5) is 10.8. The molecule has 0 spiro atoms. The highest BCUT2D eigenvalue weighted by Crippen LogP contribution is 2.36. The number of hydrogen-bond acceptors (Lipinski definition) is 5. The molecule has 1 aromatic rings. The van der Waals surface area contributed by atoms with E-state index in [0.29, 0.717) is 18.0 Å². The Morgan fingerprint density at radius 3 is 2.84 bits per heavy atom. The van der Waals surface area contributed by atoms with E-state index in [1.807, 2.05) is 6.92 Å². The Labute approximate surface area is 112 Å². The number of nitrogens with one attached hydrogen (secondary N) is 1. The third kappa shape index (κ3) is 3.14. The summed E-state index contributed by atoms with van der Waals surface area (Å²) in [7, 11) is 0. The smallest absolute Gasteiger partial charge is 0.333 e. The van der Waals surface area contributed by atoms with E-state index in [9.17, 15) is 10.1 Å². The monoisotopic (exact) mass is 265 g/mol. The minimum atomic E-state index is -0.397. The first-order valence-corrected chi connectivity index (χ1v) is 6.54.